The topological polar surface area (TPSA) is 79.3 Å². The minimum absolute atomic E-state index is 0.0573. The predicted molar refractivity (Wildman–Crippen MR) is 71.6 cm³/mol. The number of carboxylic acid groups (broad SMARTS) is 1. The van der Waals surface area contributed by atoms with Crippen LogP contribution >= 0.6 is 0 Å². The Morgan fingerprint density at radius 3 is 2.74 bits per heavy atom. The normalized spacial score (nSPS) is 10.2. The number of nitrogens with zero attached hydrogens (tertiary/aromatic N) is 1. The lowest BCUT2D eigenvalue weighted by molar-refractivity contribution is -0.137. The molecule has 0 unspecified atom stereocenters. The maximum Gasteiger partial charge on any atom is 0.303 e. The Hall–Kier alpha value is -1.91. The standard InChI is InChI=1S/C14H20N2O3/c1-2-11-6-5-9-15-12(11)10-16-13(17)7-3-4-8-14(18)19/h5-6,9H,2-4,7-8,10H2,1H3,(H,16,17)(H,18,19). The van der Waals surface area contributed by atoms with Crippen LogP contribution < -0.4 is 5.32 Å². The molecule has 0 spiro atoms. The van der Waals surface area contributed by atoms with Crippen LogP contribution in [0.3, 0.4) is 0 Å². The maximum absolute atomic E-state index is 11.6. The van der Waals surface area contributed by atoms with Crippen molar-refractivity contribution in [2.45, 2.75) is 45.6 Å². The Morgan fingerprint density at radius 2 is 2.05 bits per heavy atom. The van der Waals surface area contributed by atoms with Gasteiger partial charge in [0, 0.05) is 19.0 Å². The van der Waals surface area contributed by atoms with Gasteiger partial charge >= 0.3 is 5.97 Å². The van der Waals surface area contributed by atoms with E-state index < -0.39 is 5.97 Å². The van der Waals surface area contributed by atoms with Gasteiger partial charge in [0.25, 0.3) is 0 Å². The Bertz CT molecular complexity index is 432. The summed E-state index contributed by atoms with van der Waals surface area (Å²) in [5, 5.41) is 11.3. The Labute approximate surface area is 113 Å². The fourth-order valence-electron chi connectivity index (χ4n) is 1.78. The molecule has 1 heterocycles. The molecule has 0 radical (unpaired) electrons. The van der Waals surface area contributed by atoms with Crippen molar-refractivity contribution in [3.8, 4) is 0 Å². The summed E-state index contributed by atoms with van der Waals surface area (Å²) in [5.41, 5.74) is 2.03. The average molecular weight is 264 g/mol. The van der Waals surface area contributed by atoms with E-state index in [-0.39, 0.29) is 12.3 Å². The molecule has 0 saturated heterocycles. The van der Waals surface area contributed by atoms with Crippen LogP contribution in [0.4, 0.5) is 0 Å². The number of nitrogens with one attached hydrogen (secondary N) is 1. The van der Waals surface area contributed by atoms with E-state index in [4.69, 9.17) is 5.11 Å². The highest BCUT2D eigenvalue weighted by atomic mass is 16.4. The molecular weight excluding hydrogens is 244 g/mol. The van der Waals surface area contributed by atoms with E-state index in [0.717, 1.165) is 17.7 Å². The summed E-state index contributed by atoms with van der Waals surface area (Å²) in [6, 6.07) is 3.89. The van der Waals surface area contributed by atoms with Crippen molar-refractivity contribution < 1.29 is 14.7 Å². The molecule has 0 aliphatic heterocycles. The summed E-state index contributed by atoms with van der Waals surface area (Å²) in [4.78, 5) is 26.1. The molecule has 1 aromatic rings. The van der Waals surface area contributed by atoms with Crippen molar-refractivity contribution >= 4 is 11.9 Å². The number of aryl methyl sites for hydroxylation is 1. The molecular formula is C14H20N2O3. The zero-order valence-electron chi connectivity index (χ0n) is 11.2. The van der Waals surface area contributed by atoms with E-state index >= 15 is 0 Å². The van der Waals surface area contributed by atoms with Crippen LogP contribution in [0.25, 0.3) is 0 Å². The summed E-state index contributed by atoms with van der Waals surface area (Å²) < 4.78 is 0. The van der Waals surface area contributed by atoms with E-state index in [0.29, 0.717) is 25.8 Å². The van der Waals surface area contributed by atoms with Crippen LogP contribution in [0, 0.1) is 0 Å². The molecule has 5 nitrogen and oxygen atoms in total. The number of carboxylic acids is 1. The summed E-state index contributed by atoms with van der Waals surface area (Å²) in [5.74, 6) is -0.875. The van der Waals surface area contributed by atoms with Crippen LogP contribution in [-0.4, -0.2) is 22.0 Å². The van der Waals surface area contributed by atoms with E-state index in [2.05, 4.69) is 10.3 Å². The minimum Gasteiger partial charge on any atom is -0.481 e. The second kappa shape index (κ2) is 8.24. The highest BCUT2D eigenvalue weighted by molar-refractivity contribution is 5.75. The Kier molecular flexibility index (Phi) is 6.57. The zero-order valence-corrected chi connectivity index (χ0v) is 11.2. The highest BCUT2D eigenvalue weighted by Crippen LogP contribution is 2.06. The summed E-state index contributed by atoms with van der Waals surface area (Å²) in [6.45, 7) is 2.48. The number of unbranched alkanes of at least 4 members (excludes halogenated alkanes) is 1. The molecule has 1 aromatic heterocycles. The molecule has 104 valence electrons. The van der Waals surface area contributed by atoms with Gasteiger partial charge in [-0.1, -0.05) is 13.0 Å². The maximum atomic E-state index is 11.6. The molecule has 0 saturated carbocycles. The van der Waals surface area contributed by atoms with Gasteiger partial charge < -0.3 is 10.4 Å². The molecule has 19 heavy (non-hydrogen) atoms. The third kappa shape index (κ3) is 5.99. The highest BCUT2D eigenvalue weighted by Gasteiger charge is 2.05. The summed E-state index contributed by atoms with van der Waals surface area (Å²) in [6.07, 6.45) is 4.22. The monoisotopic (exact) mass is 264 g/mol. The summed E-state index contributed by atoms with van der Waals surface area (Å²) >= 11 is 0. The van der Waals surface area contributed by atoms with Gasteiger partial charge in [-0.2, -0.15) is 0 Å². The van der Waals surface area contributed by atoms with E-state index in [1.54, 1.807) is 6.20 Å². The fourth-order valence-corrected chi connectivity index (χ4v) is 1.78. The van der Waals surface area contributed by atoms with E-state index in [9.17, 15) is 9.59 Å². The number of aromatic nitrogens is 1. The molecule has 2 N–H and O–H groups in total. The van der Waals surface area contributed by atoms with Gasteiger partial charge in [0.2, 0.25) is 5.91 Å². The lowest BCUT2D eigenvalue weighted by Gasteiger charge is -2.08. The van der Waals surface area contributed by atoms with Crippen LogP contribution in [-0.2, 0) is 22.6 Å². The number of hydrogen-bond acceptors (Lipinski definition) is 3. The minimum atomic E-state index is -0.818. The van der Waals surface area contributed by atoms with Crippen molar-refractivity contribution in [1.29, 1.82) is 0 Å². The first-order valence-corrected chi connectivity index (χ1v) is 6.54. The third-order valence-electron chi connectivity index (χ3n) is 2.86. The molecule has 0 fully saturated rings. The van der Waals surface area contributed by atoms with Crippen molar-refractivity contribution in [2.75, 3.05) is 0 Å². The molecule has 0 aliphatic carbocycles. The molecule has 1 amide bonds. The van der Waals surface area contributed by atoms with Crippen LogP contribution in [0.2, 0.25) is 0 Å². The largest absolute Gasteiger partial charge is 0.481 e. The first-order chi connectivity index (χ1) is 9.13. The number of pyridine rings is 1. The van der Waals surface area contributed by atoms with Crippen LogP contribution in [0.15, 0.2) is 18.3 Å². The Balaban J connectivity index is 2.28. The van der Waals surface area contributed by atoms with Crippen LogP contribution in [0.5, 0.6) is 0 Å². The average Bonchev–Trinajstić information content (AvgIpc) is 2.41. The van der Waals surface area contributed by atoms with Gasteiger partial charge in [-0.3, -0.25) is 14.6 Å². The summed E-state index contributed by atoms with van der Waals surface area (Å²) in [7, 11) is 0. The number of carbonyl (C=O) groups excluding carboxylic acids is 1. The molecule has 0 atom stereocenters. The first kappa shape index (κ1) is 15.1. The molecule has 0 aliphatic rings. The van der Waals surface area contributed by atoms with Crippen molar-refractivity contribution in [1.82, 2.24) is 10.3 Å². The number of aliphatic carboxylic acids is 1. The molecule has 5 heteroatoms. The van der Waals surface area contributed by atoms with E-state index in [1.807, 2.05) is 19.1 Å². The smallest absolute Gasteiger partial charge is 0.303 e. The van der Waals surface area contributed by atoms with Crippen molar-refractivity contribution in [2.24, 2.45) is 0 Å². The quantitative estimate of drug-likeness (QED) is 0.703. The first-order valence-electron chi connectivity index (χ1n) is 6.54. The Morgan fingerprint density at radius 1 is 1.32 bits per heavy atom. The lowest BCUT2D eigenvalue weighted by Crippen LogP contribution is -2.23. The predicted octanol–water partition coefficient (Wildman–Crippen LogP) is 1.91. The fraction of sp³-hybridized carbons (Fsp3) is 0.500. The number of carbonyl (C=O) groups is 2. The van der Waals surface area contributed by atoms with Gasteiger partial charge in [-0.15, -0.1) is 0 Å². The third-order valence-corrected chi connectivity index (χ3v) is 2.86. The van der Waals surface area contributed by atoms with Crippen LogP contribution in [0.1, 0.15) is 43.9 Å². The second-order valence-corrected chi connectivity index (χ2v) is 4.34. The van der Waals surface area contributed by atoms with Gasteiger partial charge in [0.05, 0.1) is 12.2 Å². The van der Waals surface area contributed by atoms with Gasteiger partial charge in [-0.05, 0) is 30.9 Å². The van der Waals surface area contributed by atoms with Gasteiger partial charge in [-0.25, -0.2) is 0 Å². The zero-order chi connectivity index (χ0) is 14.1. The SMILES string of the molecule is CCc1cccnc1CNC(=O)CCCCC(=O)O. The van der Waals surface area contributed by atoms with Crippen molar-refractivity contribution in [3.05, 3.63) is 29.6 Å². The number of hydrogen-bond donors (Lipinski definition) is 2. The molecule has 0 aromatic carbocycles. The van der Waals surface area contributed by atoms with E-state index in [1.165, 1.54) is 0 Å². The number of amides is 1. The van der Waals surface area contributed by atoms with Crippen molar-refractivity contribution in [3.63, 3.8) is 0 Å². The second-order valence-electron chi connectivity index (χ2n) is 4.34. The number of rotatable bonds is 8. The molecule has 0 bridgehead atoms. The van der Waals surface area contributed by atoms with Gasteiger partial charge in [0.15, 0.2) is 0 Å². The lowest BCUT2D eigenvalue weighted by atomic mass is 10.1. The van der Waals surface area contributed by atoms with Gasteiger partial charge in [0.1, 0.15) is 0 Å². The molecule has 1 rings (SSSR count).